The van der Waals surface area contributed by atoms with E-state index in [1.165, 1.54) is 0 Å². The number of hydrogen-bond donors (Lipinski definition) is 4. The summed E-state index contributed by atoms with van der Waals surface area (Å²) in [5.74, 6) is -5.65. The third-order valence-corrected chi connectivity index (χ3v) is 10.4. The van der Waals surface area contributed by atoms with Crippen molar-refractivity contribution in [2.75, 3.05) is 0 Å². The molecule has 0 aliphatic carbocycles. The van der Waals surface area contributed by atoms with Gasteiger partial charge in [-0.25, -0.2) is 0 Å². The number of hydrogen-bond acceptors (Lipinski definition) is 12. The maximum atomic E-state index is 14.4. The lowest BCUT2D eigenvalue weighted by atomic mass is 9.81. The van der Waals surface area contributed by atoms with Crippen LogP contribution in [-0.4, -0.2) is 76.0 Å². The highest BCUT2D eigenvalue weighted by Crippen LogP contribution is 2.35. The van der Waals surface area contributed by atoms with E-state index in [1.807, 2.05) is 41.5 Å². The van der Waals surface area contributed by atoms with Crippen molar-refractivity contribution in [3.63, 3.8) is 0 Å². The predicted molar refractivity (Wildman–Crippen MR) is 203 cm³/mol. The van der Waals surface area contributed by atoms with E-state index in [4.69, 9.17) is 18.9 Å². The van der Waals surface area contributed by atoms with Crippen LogP contribution in [0, 0.1) is 11.8 Å². The van der Waals surface area contributed by atoms with Crippen LogP contribution < -0.4 is 21.3 Å². The van der Waals surface area contributed by atoms with E-state index in [-0.39, 0.29) is 16.6 Å². The zero-order valence-corrected chi connectivity index (χ0v) is 33.9. The fourth-order valence-electron chi connectivity index (χ4n) is 9.16. The fraction of sp³-hybridized carbons (Fsp3) is 0.756. The molecule has 298 valence electrons. The van der Waals surface area contributed by atoms with Crippen molar-refractivity contribution in [2.45, 2.75) is 186 Å². The first-order chi connectivity index (χ1) is 24.2. The van der Waals surface area contributed by atoms with Gasteiger partial charge in [-0.05, 0) is 69.2 Å². The topological polar surface area (TPSA) is 153 Å². The first-order valence-corrected chi connectivity index (χ1v) is 19.2. The minimum atomic E-state index is -1.38. The molecule has 4 aliphatic heterocycles. The van der Waals surface area contributed by atoms with Crippen LogP contribution in [0.15, 0.2) is 36.8 Å². The first kappa shape index (κ1) is 42.2. The molecule has 12 nitrogen and oxygen atoms in total. The number of piperidine rings is 4. The third-order valence-electron chi connectivity index (χ3n) is 10.4. The molecule has 0 radical (unpaired) electrons. The molecule has 4 heterocycles. The Morgan fingerprint density at radius 2 is 0.792 bits per heavy atom. The van der Waals surface area contributed by atoms with E-state index >= 15 is 0 Å². The van der Waals surface area contributed by atoms with Gasteiger partial charge in [0.05, 0.1) is 24.7 Å². The molecule has 0 saturated carbocycles. The van der Waals surface area contributed by atoms with Crippen LogP contribution in [0.25, 0.3) is 0 Å². The molecule has 5 unspecified atom stereocenters. The van der Waals surface area contributed by atoms with Crippen LogP contribution in [0.4, 0.5) is 0 Å². The summed E-state index contributed by atoms with van der Waals surface area (Å²) in [6.07, 6.45) is 0.752. The summed E-state index contributed by atoms with van der Waals surface area (Å²) in [6.45, 7) is 32.3. The molecule has 4 rings (SSSR count). The Morgan fingerprint density at radius 1 is 0.509 bits per heavy atom. The summed E-state index contributed by atoms with van der Waals surface area (Å²) in [5.41, 5.74) is 0.409. The lowest BCUT2D eigenvalue weighted by Crippen LogP contribution is -2.59. The van der Waals surface area contributed by atoms with Crippen LogP contribution in [0.5, 0.6) is 0 Å². The lowest BCUT2D eigenvalue weighted by Gasteiger charge is -2.46. The highest BCUT2D eigenvalue weighted by Gasteiger charge is 2.45. The summed E-state index contributed by atoms with van der Waals surface area (Å²) < 4.78 is 24.2. The Morgan fingerprint density at radius 3 is 1.11 bits per heavy atom. The van der Waals surface area contributed by atoms with Gasteiger partial charge in [0.1, 0.15) is 24.4 Å². The smallest absolute Gasteiger partial charge is 0.310 e. The van der Waals surface area contributed by atoms with E-state index in [0.29, 0.717) is 62.8 Å². The Labute approximate surface area is 317 Å². The number of carbonyl (C=O) groups is 4. The van der Waals surface area contributed by atoms with E-state index in [9.17, 15) is 19.2 Å². The second-order valence-corrected chi connectivity index (χ2v) is 19.3. The van der Waals surface area contributed by atoms with Gasteiger partial charge in [0.2, 0.25) is 0 Å². The minimum absolute atomic E-state index is 0.299. The molecule has 0 aromatic rings. The molecular formula is C41H66N4O8. The van der Waals surface area contributed by atoms with Crippen molar-refractivity contribution in [1.82, 2.24) is 21.3 Å². The fourth-order valence-corrected chi connectivity index (χ4v) is 9.16. The number of rotatable bonds is 11. The number of esters is 4. The third kappa shape index (κ3) is 12.8. The van der Waals surface area contributed by atoms with Crippen LogP contribution in [-0.2, 0) is 38.1 Å². The molecule has 0 aromatic carbocycles. The van der Waals surface area contributed by atoms with Gasteiger partial charge in [0.15, 0.2) is 0 Å². The summed E-state index contributed by atoms with van der Waals surface area (Å²) in [5, 5.41) is 13.6. The van der Waals surface area contributed by atoms with Crippen molar-refractivity contribution in [2.24, 2.45) is 11.8 Å². The van der Waals surface area contributed by atoms with Gasteiger partial charge >= 0.3 is 23.9 Å². The highest BCUT2D eigenvalue weighted by atomic mass is 16.6. The van der Waals surface area contributed by atoms with Gasteiger partial charge < -0.3 is 40.2 Å². The Hall–Kier alpha value is -3.54. The number of ether oxygens (including phenoxy) is 4. The van der Waals surface area contributed by atoms with Gasteiger partial charge in [-0.2, -0.15) is 0 Å². The Balaban J connectivity index is 1.65. The van der Waals surface area contributed by atoms with Gasteiger partial charge in [-0.1, -0.05) is 19.7 Å². The molecule has 4 saturated heterocycles. The number of nitrogens with one attached hydrogen (secondary N) is 4. The van der Waals surface area contributed by atoms with Gasteiger partial charge in [0.25, 0.3) is 0 Å². The molecule has 0 amide bonds. The Kier molecular flexibility index (Phi) is 12.5. The van der Waals surface area contributed by atoms with Gasteiger partial charge in [-0.3, -0.25) is 19.2 Å². The van der Waals surface area contributed by atoms with Crippen molar-refractivity contribution < 1.29 is 38.1 Å². The normalized spacial score (nSPS) is 28.5. The number of carbonyl (C=O) groups excluding carboxylic acids is 4. The Bertz CT molecular complexity index is 1450. The molecule has 0 aromatic heterocycles. The van der Waals surface area contributed by atoms with E-state index in [0.717, 1.165) is 5.70 Å². The summed E-state index contributed by atoms with van der Waals surface area (Å²) >= 11 is 0. The van der Waals surface area contributed by atoms with Crippen molar-refractivity contribution >= 4 is 23.9 Å². The molecule has 0 spiro atoms. The first-order valence-electron chi connectivity index (χ1n) is 19.2. The van der Waals surface area contributed by atoms with Gasteiger partial charge in [0, 0.05) is 96.2 Å². The maximum absolute atomic E-state index is 14.4. The van der Waals surface area contributed by atoms with Crippen LogP contribution in [0.3, 0.4) is 0 Å². The second kappa shape index (κ2) is 15.7. The standard InChI is InChI=1S/C41H66N4O8/c1-24-14-27(19-37(4,5)42-24)50-33(46)17-31(35(48)52-28-15-25(2)43-38(6,7)20-28)32(36(49)53-29-16-26(3)44-39(8,9)21-29)18-34(47)51-30-22-40(10,11)45-41(12,13)23-30/h27-32,42-45H,1-3,14-23H2,4-13H3. The zero-order valence-electron chi connectivity index (χ0n) is 33.9. The van der Waals surface area contributed by atoms with E-state index in [2.05, 4.69) is 68.7 Å². The van der Waals surface area contributed by atoms with E-state index < -0.39 is 84.0 Å². The molecule has 0 bridgehead atoms. The SMILES string of the molecule is C=C1CC(OC(=O)CC(C(=O)OC2CC(=C)NC(C)(C)C2)C(CC(=O)OC2CC(C)(C)NC(C)(C)C2)C(=O)OC2CC(=C)NC(C)(C)C2)CC(C)(C)N1. The van der Waals surface area contributed by atoms with Crippen LogP contribution in [0.1, 0.15) is 133 Å². The molecule has 53 heavy (non-hydrogen) atoms. The van der Waals surface area contributed by atoms with Crippen LogP contribution >= 0.6 is 0 Å². The molecule has 4 fully saturated rings. The monoisotopic (exact) mass is 742 g/mol. The van der Waals surface area contributed by atoms with E-state index in [1.54, 1.807) is 0 Å². The lowest BCUT2D eigenvalue weighted by molar-refractivity contribution is -0.175. The largest absolute Gasteiger partial charge is 0.462 e. The molecule has 5 atom stereocenters. The van der Waals surface area contributed by atoms with Crippen molar-refractivity contribution in [3.05, 3.63) is 36.8 Å². The second-order valence-electron chi connectivity index (χ2n) is 19.3. The molecular weight excluding hydrogens is 676 g/mol. The molecule has 12 heteroatoms. The zero-order chi connectivity index (χ0) is 39.7. The van der Waals surface area contributed by atoms with Gasteiger partial charge in [-0.15, -0.1) is 0 Å². The molecule has 4 aliphatic rings. The quantitative estimate of drug-likeness (QED) is 0.154. The summed E-state index contributed by atoms with van der Waals surface area (Å²) in [6, 6.07) is 0. The molecule has 4 N–H and O–H groups in total. The maximum Gasteiger partial charge on any atom is 0.310 e. The van der Waals surface area contributed by atoms with Crippen molar-refractivity contribution in [1.29, 1.82) is 0 Å². The average Bonchev–Trinajstić information content (AvgIpc) is 2.89. The minimum Gasteiger partial charge on any atom is -0.462 e. The average molecular weight is 743 g/mol. The predicted octanol–water partition coefficient (Wildman–Crippen LogP) is 5.61. The highest BCUT2D eigenvalue weighted by molar-refractivity contribution is 5.89. The van der Waals surface area contributed by atoms with Crippen LogP contribution in [0.2, 0.25) is 0 Å². The summed E-state index contributed by atoms with van der Waals surface area (Å²) in [7, 11) is 0. The van der Waals surface area contributed by atoms with Crippen molar-refractivity contribution in [3.8, 4) is 0 Å². The summed E-state index contributed by atoms with van der Waals surface area (Å²) in [4.78, 5) is 56.4.